The number of benzene rings is 2. The summed E-state index contributed by atoms with van der Waals surface area (Å²) in [5.41, 5.74) is 1.72. The van der Waals surface area contributed by atoms with Gasteiger partial charge in [-0.1, -0.05) is 66.8 Å². The average molecular weight is 452 g/mol. The van der Waals surface area contributed by atoms with Gasteiger partial charge in [0.15, 0.2) is 11.5 Å². The van der Waals surface area contributed by atoms with Gasteiger partial charge in [-0.05, 0) is 36.7 Å². The van der Waals surface area contributed by atoms with E-state index in [1.807, 2.05) is 0 Å². The number of rotatable bonds is 6. The molecule has 0 saturated carbocycles. The van der Waals surface area contributed by atoms with Gasteiger partial charge in [-0.15, -0.1) is 0 Å². The number of likely N-dealkylation sites (N-methyl/N-ethyl adjacent to an activating group) is 1. The molecule has 32 heavy (non-hydrogen) atoms. The lowest BCUT2D eigenvalue weighted by atomic mass is 9.69. The number of methoxy groups -OCH3 is 1. The van der Waals surface area contributed by atoms with E-state index in [1.165, 1.54) is 10.8 Å². The highest BCUT2D eigenvalue weighted by Gasteiger charge is 2.59. The molecular weight excluding hydrogens is 418 g/mol. The Balaban J connectivity index is 1.64. The molecule has 0 bridgehead atoms. The summed E-state index contributed by atoms with van der Waals surface area (Å²) in [6.07, 6.45) is 5.72. The predicted molar refractivity (Wildman–Crippen MR) is 128 cm³/mol. The van der Waals surface area contributed by atoms with Crippen molar-refractivity contribution in [2.24, 2.45) is 0 Å². The third kappa shape index (κ3) is 3.41. The van der Waals surface area contributed by atoms with Gasteiger partial charge in [0.25, 0.3) is 0 Å². The fourth-order valence-corrected chi connectivity index (χ4v) is 10.0. The summed E-state index contributed by atoms with van der Waals surface area (Å²) in [6.45, 7) is 6.73. The highest BCUT2D eigenvalue weighted by molar-refractivity contribution is 6.91. The zero-order valence-corrected chi connectivity index (χ0v) is 20.4. The van der Waals surface area contributed by atoms with Crippen LogP contribution in [0.3, 0.4) is 0 Å². The molecular formula is C26H33NO4Si. The van der Waals surface area contributed by atoms with Crippen LogP contribution in [-0.4, -0.2) is 59.4 Å². The number of hydrogen-bond donors (Lipinski definition) is 0. The quantitative estimate of drug-likeness (QED) is 0.378. The van der Waals surface area contributed by atoms with Crippen molar-refractivity contribution in [3.63, 3.8) is 0 Å². The average Bonchev–Trinajstić information content (AvgIpc) is 3.41. The molecule has 5 nitrogen and oxygen atoms in total. The molecule has 1 saturated heterocycles. The summed E-state index contributed by atoms with van der Waals surface area (Å²) in [5, 5.41) is 1.50. The van der Waals surface area contributed by atoms with Crippen molar-refractivity contribution < 1.29 is 18.9 Å². The third-order valence-corrected chi connectivity index (χ3v) is 12.1. The van der Waals surface area contributed by atoms with Gasteiger partial charge in [-0.25, -0.2) is 0 Å². The van der Waals surface area contributed by atoms with Gasteiger partial charge in [0.05, 0.1) is 14.2 Å². The summed E-state index contributed by atoms with van der Waals surface area (Å²) < 4.78 is 22.6. The Labute approximate surface area is 191 Å². The van der Waals surface area contributed by atoms with Gasteiger partial charge in [-0.2, -0.15) is 0 Å². The highest BCUT2D eigenvalue weighted by atomic mass is 28.3. The van der Waals surface area contributed by atoms with Gasteiger partial charge in [-0.3, -0.25) is 0 Å². The fraction of sp³-hybridized carbons (Fsp3) is 0.462. The van der Waals surface area contributed by atoms with E-state index in [2.05, 4.69) is 85.7 Å². The van der Waals surface area contributed by atoms with Crippen molar-refractivity contribution >= 4 is 13.3 Å². The minimum Gasteiger partial charge on any atom is -0.454 e. The standard InChI is InChI=1S/C26H33NO4Si/c1-27-16-25(32(3,4)21-8-6-5-7-9-21)26(13-12-20(15-24(26)27)29-17-28-2)19-10-11-22-23(14-19)31-18-30-22/h5-14,20,24-25H,15-18H2,1-4H3/t20-,24-,25+,26-/m0/s1. The highest BCUT2D eigenvalue weighted by Crippen LogP contribution is 2.56. The van der Waals surface area contributed by atoms with E-state index in [0.29, 0.717) is 25.2 Å². The van der Waals surface area contributed by atoms with Crippen LogP contribution in [0.4, 0.5) is 0 Å². The molecule has 2 aromatic carbocycles. The number of nitrogens with zero attached hydrogens (tertiary/aromatic N) is 1. The second kappa shape index (κ2) is 8.34. The summed E-state index contributed by atoms with van der Waals surface area (Å²) >= 11 is 0. The molecule has 0 unspecified atom stereocenters. The van der Waals surface area contributed by atoms with Gasteiger partial charge in [0.1, 0.15) is 6.79 Å². The van der Waals surface area contributed by atoms with Crippen molar-refractivity contribution in [3.8, 4) is 11.5 Å². The van der Waals surface area contributed by atoms with Gasteiger partial charge in [0.2, 0.25) is 6.79 Å². The molecule has 2 aromatic rings. The van der Waals surface area contributed by atoms with E-state index in [4.69, 9.17) is 18.9 Å². The Morgan fingerprint density at radius 2 is 1.88 bits per heavy atom. The fourth-order valence-electron chi connectivity index (χ4n) is 6.16. The summed E-state index contributed by atoms with van der Waals surface area (Å²) in [4.78, 5) is 2.56. The molecule has 2 aliphatic heterocycles. The topological polar surface area (TPSA) is 40.2 Å². The molecule has 6 heteroatoms. The van der Waals surface area contributed by atoms with E-state index in [1.54, 1.807) is 7.11 Å². The van der Waals surface area contributed by atoms with E-state index in [9.17, 15) is 0 Å². The lowest BCUT2D eigenvalue weighted by Gasteiger charge is -2.47. The summed E-state index contributed by atoms with van der Waals surface area (Å²) in [6, 6.07) is 18.0. The number of likely N-dealkylation sites (tertiary alicyclic amines) is 1. The van der Waals surface area contributed by atoms with Crippen molar-refractivity contribution in [2.45, 2.75) is 42.6 Å². The van der Waals surface area contributed by atoms with Gasteiger partial charge in [0, 0.05) is 25.1 Å². The zero-order valence-electron chi connectivity index (χ0n) is 19.4. The Kier molecular flexibility index (Phi) is 5.66. The first-order valence-corrected chi connectivity index (χ1v) is 14.5. The molecule has 5 rings (SSSR count). The van der Waals surface area contributed by atoms with Crippen LogP contribution in [0.1, 0.15) is 12.0 Å². The first-order chi connectivity index (χ1) is 15.5. The number of ether oxygens (including phenoxy) is 4. The molecule has 0 radical (unpaired) electrons. The Morgan fingerprint density at radius 1 is 1.09 bits per heavy atom. The summed E-state index contributed by atoms with van der Waals surface area (Å²) in [7, 11) is 2.09. The monoisotopic (exact) mass is 451 g/mol. The van der Waals surface area contributed by atoms with Crippen molar-refractivity contribution in [1.29, 1.82) is 0 Å². The Morgan fingerprint density at radius 3 is 2.66 bits per heavy atom. The SMILES string of the molecule is COCO[C@H]1C=C[C@]2(c3ccc4c(c3)OCO4)[C@H](C1)N(C)C[C@H]2[Si](C)(C)c1ccccc1. The lowest BCUT2D eigenvalue weighted by molar-refractivity contribution is -0.0660. The van der Waals surface area contributed by atoms with E-state index in [0.717, 1.165) is 24.5 Å². The second-order valence-electron chi connectivity index (χ2n) is 9.80. The van der Waals surface area contributed by atoms with E-state index < -0.39 is 8.07 Å². The Hall–Kier alpha value is -2.12. The minimum absolute atomic E-state index is 0.0600. The molecule has 1 aliphatic carbocycles. The van der Waals surface area contributed by atoms with Crippen LogP contribution in [0, 0.1) is 0 Å². The largest absolute Gasteiger partial charge is 0.454 e. The molecule has 4 atom stereocenters. The maximum absolute atomic E-state index is 5.98. The van der Waals surface area contributed by atoms with Crippen LogP contribution in [0.2, 0.25) is 18.6 Å². The van der Waals surface area contributed by atoms with Crippen LogP contribution >= 0.6 is 0 Å². The first kappa shape index (κ1) is 21.7. The molecule has 0 N–H and O–H groups in total. The van der Waals surface area contributed by atoms with Crippen LogP contribution < -0.4 is 14.7 Å². The van der Waals surface area contributed by atoms with Crippen LogP contribution in [0.15, 0.2) is 60.7 Å². The first-order valence-electron chi connectivity index (χ1n) is 11.4. The molecule has 0 amide bonds. The maximum Gasteiger partial charge on any atom is 0.231 e. The normalized spacial score (nSPS) is 29.3. The summed E-state index contributed by atoms with van der Waals surface area (Å²) in [5.74, 6) is 1.69. The third-order valence-electron chi connectivity index (χ3n) is 7.83. The molecule has 1 fully saturated rings. The maximum atomic E-state index is 5.98. The van der Waals surface area contributed by atoms with Gasteiger partial charge >= 0.3 is 0 Å². The van der Waals surface area contributed by atoms with E-state index in [-0.39, 0.29) is 11.5 Å². The van der Waals surface area contributed by atoms with Gasteiger partial charge < -0.3 is 23.8 Å². The minimum atomic E-state index is -1.85. The molecule has 3 aliphatic rings. The van der Waals surface area contributed by atoms with E-state index >= 15 is 0 Å². The lowest BCUT2D eigenvalue weighted by Crippen LogP contribution is -2.55. The molecule has 0 spiro atoms. The molecule has 2 heterocycles. The van der Waals surface area contributed by atoms with Crippen LogP contribution in [0.25, 0.3) is 0 Å². The molecule has 170 valence electrons. The zero-order chi connectivity index (χ0) is 22.3. The predicted octanol–water partition coefficient (Wildman–Crippen LogP) is 3.90. The van der Waals surface area contributed by atoms with Crippen LogP contribution in [-0.2, 0) is 14.9 Å². The Bertz CT molecular complexity index is 995. The smallest absolute Gasteiger partial charge is 0.231 e. The van der Waals surface area contributed by atoms with Crippen molar-refractivity contribution in [2.75, 3.05) is 34.3 Å². The molecule has 0 aromatic heterocycles. The van der Waals surface area contributed by atoms with Crippen molar-refractivity contribution in [1.82, 2.24) is 4.90 Å². The second-order valence-corrected chi connectivity index (χ2v) is 14.5. The number of hydrogen-bond acceptors (Lipinski definition) is 5. The number of fused-ring (bicyclic) bond motifs is 2. The van der Waals surface area contributed by atoms with Crippen LogP contribution in [0.5, 0.6) is 11.5 Å². The van der Waals surface area contributed by atoms with Crippen molar-refractivity contribution in [3.05, 3.63) is 66.2 Å².